The summed E-state index contributed by atoms with van der Waals surface area (Å²) in [7, 11) is -2.12. The van der Waals surface area contributed by atoms with Crippen LogP contribution in [0, 0.1) is 0 Å². The highest BCUT2D eigenvalue weighted by Crippen LogP contribution is 2.26. The molecule has 3 heterocycles. The number of nitrogens with zero attached hydrogens (tertiary/aromatic N) is 2. The van der Waals surface area contributed by atoms with Crippen molar-refractivity contribution in [3.05, 3.63) is 90.1 Å². The molecule has 4 rings (SSSR count). The van der Waals surface area contributed by atoms with Gasteiger partial charge in [0.25, 0.3) is 15.9 Å². The molecule has 0 unspecified atom stereocenters. The molecule has 1 amide bonds. The fraction of sp³-hybridized carbons (Fsp3) is 0.174. The second kappa shape index (κ2) is 9.97. The van der Waals surface area contributed by atoms with Crippen LogP contribution in [0.5, 0.6) is 5.75 Å². The minimum absolute atomic E-state index is 0.190. The summed E-state index contributed by atoms with van der Waals surface area (Å²) in [5.41, 5.74) is 0.486. The van der Waals surface area contributed by atoms with Crippen LogP contribution in [0.4, 0.5) is 5.69 Å². The largest absolute Gasteiger partial charge is 0.484 e. The molecule has 1 aromatic carbocycles. The Morgan fingerprint density at radius 2 is 1.58 bits per heavy atom. The van der Waals surface area contributed by atoms with Crippen molar-refractivity contribution < 1.29 is 26.8 Å². The number of anilines is 1. The summed E-state index contributed by atoms with van der Waals surface area (Å²) < 4.78 is 43.2. The Kier molecular flexibility index (Phi) is 6.85. The summed E-state index contributed by atoms with van der Waals surface area (Å²) >= 11 is 1.16. The third-order valence-corrected chi connectivity index (χ3v) is 8.04. The topological polar surface area (TPSA) is 93.2 Å². The van der Waals surface area contributed by atoms with Gasteiger partial charge in [0.05, 0.1) is 31.3 Å². The Morgan fingerprint density at radius 1 is 0.939 bits per heavy atom. The predicted molar refractivity (Wildman–Crippen MR) is 124 cm³/mol. The first kappa shape index (κ1) is 22.7. The van der Waals surface area contributed by atoms with Gasteiger partial charge >= 0.3 is 0 Å². The van der Waals surface area contributed by atoms with Gasteiger partial charge in [0.15, 0.2) is 6.61 Å². The zero-order valence-corrected chi connectivity index (χ0v) is 19.4. The van der Waals surface area contributed by atoms with Crippen LogP contribution in [0.1, 0.15) is 11.5 Å². The van der Waals surface area contributed by atoms with E-state index in [4.69, 9.17) is 13.6 Å². The van der Waals surface area contributed by atoms with Crippen LogP contribution in [-0.2, 0) is 27.9 Å². The molecule has 0 radical (unpaired) electrons. The smallest absolute Gasteiger partial charge is 0.273 e. The summed E-state index contributed by atoms with van der Waals surface area (Å²) in [6, 6.07) is 16.9. The fourth-order valence-corrected chi connectivity index (χ4v) is 5.44. The van der Waals surface area contributed by atoms with E-state index in [1.807, 2.05) is 0 Å². The molecule has 0 saturated carbocycles. The van der Waals surface area contributed by atoms with Crippen molar-refractivity contribution in [2.75, 3.05) is 18.0 Å². The number of benzene rings is 1. The van der Waals surface area contributed by atoms with Crippen LogP contribution >= 0.6 is 11.3 Å². The number of carbonyl (C=O) groups is 1. The fourth-order valence-electron chi connectivity index (χ4n) is 3.09. The molecule has 0 spiro atoms. The van der Waals surface area contributed by atoms with Crippen molar-refractivity contribution in [1.82, 2.24) is 4.90 Å². The molecule has 0 fully saturated rings. The number of rotatable bonds is 10. The van der Waals surface area contributed by atoms with E-state index in [1.54, 1.807) is 83.5 Å². The van der Waals surface area contributed by atoms with Gasteiger partial charge in [-0.15, -0.1) is 11.3 Å². The third kappa shape index (κ3) is 5.47. The average Bonchev–Trinajstić information content (AvgIpc) is 3.61. The van der Waals surface area contributed by atoms with Gasteiger partial charge in [-0.2, -0.15) is 0 Å². The Morgan fingerprint density at radius 3 is 2.09 bits per heavy atom. The normalized spacial score (nSPS) is 11.3. The Balaban J connectivity index is 1.39. The lowest BCUT2D eigenvalue weighted by Gasteiger charge is -2.21. The molecule has 3 aromatic heterocycles. The SMILES string of the molecule is CN(c1ccc(OCC(=O)N(Cc2ccco2)Cc2ccco2)cc1)S(=O)(=O)c1cccs1. The molecule has 172 valence electrons. The van der Waals surface area contributed by atoms with E-state index in [0.717, 1.165) is 11.3 Å². The second-order valence-corrected chi connectivity index (χ2v) is 10.2. The second-order valence-electron chi connectivity index (χ2n) is 7.10. The highest BCUT2D eigenvalue weighted by atomic mass is 32.2. The molecule has 0 bridgehead atoms. The maximum absolute atomic E-state index is 12.8. The number of ether oxygens (including phenoxy) is 1. The summed E-state index contributed by atoms with van der Waals surface area (Å²) in [6.07, 6.45) is 3.11. The molecule has 0 atom stereocenters. The van der Waals surface area contributed by atoms with E-state index in [9.17, 15) is 13.2 Å². The monoisotopic (exact) mass is 486 g/mol. The highest BCUT2D eigenvalue weighted by molar-refractivity contribution is 7.94. The van der Waals surface area contributed by atoms with Gasteiger partial charge < -0.3 is 18.5 Å². The van der Waals surface area contributed by atoms with E-state index in [0.29, 0.717) is 23.0 Å². The zero-order chi connectivity index (χ0) is 23.3. The van der Waals surface area contributed by atoms with Gasteiger partial charge in [-0.1, -0.05) is 6.07 Å². The van der Waals surface area contributed by atoms with Crippen LogP contribution in [0.3, 0.4) is 0 Å². The van der Waals surface area contributed by atoms with E-state index in [1.165, 1.54) is 11.4 Å². The highest BCUT2D eigenvalue weighted by Gasteiger charge is 2.22. The molecule has 0 saturated heterocycles. The molecule has 0 N–H and O–H groups in total. The quantitative estimate of drug-likeness (QED) is 0.331. The number of carbonyl (C=O) groups excluding carboxylic acids is 1. The van der Waals surface area contributed by atoms with Gasteiger partial charge in [-0.05, 0) is 60.0 Å². The van der Waals surface area contributed by atoms with Gasteiger partial charge in [-0.25, -0.2) is 8.42 Å². The van der Waals surface area contributed by atoms with Crippen molar-refractivity contribution in [2.45, 2.75) is 17.3 Å². The summed E-state index contributed by atoms with van der Waals surface area (Å²) in [4.78, 5) is 14.4. The van der Waals surface area contributed by atoms with Crippen molar-refractivity contribution in [3.63, 3.8) is 0 Å². The van der Waals surface area contributed by atoms with E-state index < -0.39 is 10.0 Å². The van der Waals surface area contributed by atoms with E-state index in [2.05, 4.69) is 0 Å². The number of hydrogen-bond acceptors (Lipinski definition) is 7. The number of thiophene rings is 1. The van der Waals surface area contributed by atoms with Crippen LogP contribution in [0.2, 0.25) is 0 Å². The molecular formula is C23H22N2O6S2. The van der Waals surface area contributed by atoms with Gasteiger partial charge in [0.1, 0.15) is 21.5 Å². The van der Waals surface area contributed by atoms with Gasteiger partial charge in [0, 0.05) is 7.05 Å². The van der Waals surface area contributed by atoms with Crippen LogP contribution in [-0.4, -0.2) is 32.9 Å². The Hall–Kier alpha value is -3.50. The van der Waals surface area contributed by atoms with Gasteiger partial charge in [0.2, 0.25) is 0 Å². The van der Waals surface area contributed by atoms with Gasteiger partial charge in [-0.3, -0.25) is 9.10 Å². The first-order chi connectivity index (χ1) is 15.9. The zero-order valence-electron chi connectivity index (χ0n) is 17.8. The molecule has 4 aromatic rings. The third-order valence-electron chi connectivity index (χ3n) is 4.88. The first-order valence-electron chi connectivity index (χ1n) is 10.0. The predicted octanol–water partition coefficient (Wildman–Crippen LogP) is 4.37. The molecule has 0 aliphatic carbocycles. The number of sulfonamides is 1. The van der Waals surface area contributed by atoms with E-state index in [-0.39, 0.29) is 29.8 Å². The lowest BCUT2D eigenvalue weighted by atomic mass is 10.3. The van der Waals surface area contributed by atoms with Crippen molar-refractivity contribution in [1.29, 1.82) is 0 Å². The minimum atomic E-state index is -3.62. The lowest BCUT2D eigenvalue weighted by Crippen LogP contribution is -2.33. The standard InChI is InChI=1S/C23H22N2O6S2/c1-24(33(27,28)23-7-4-14-32-23)18-8-10-19(11-9-18)31-17-22(26)25(15-20-5-2-12-29-20)16-21-6-3-13-30-21/h2-14H,15-17H2,1H3. The first-order valence-corrected chi connectivity index (χ1v) is 12.3. The van der Waals surface area contributed by atoms with Crippen molar-refractivity contribution in [3.8, 4) is 5.75 Å². The number of amides is 1. The molecule has 33 heavy (non-hydrogen) atoms. The number of furan rings is 2. The van der Waals surface area contributed by atoms with Crippen molar-refractivity contribution in [2.24, 2.45) is 0 Å². The maximum atomic E-state index is 12.8. The molecule has 0 aliphatic heterocycles. The minimum Gasteiger partial charge on any atom is -0.484 e. The molecule has 8 nitrogen and oxygen atoms in total. The Labute approximate surface area is 195 Å². The number of hydrogen-bond donors (Lipinski definition) is 0. The summed E-state index contributed by atoms with van der Waals surface area (Å²) in [5.74, 6) is 1.50. The average molecular weight is 487 g/mol. The lowest BCUT2D eigenvalue weighted by molar-refractivity contribution is -0.135. The summed E-state index contributed by atoms with van der Waals surface area (Å²) in [6.45, 7) is 0.366. The summed E-state index contributed by atoms with van der Waals surface area (Å²) in [5, 5.41) is 1.72. The van der Waals surface area contributed by atoms with Crippen LogP contribution in [0.15, 0.2) is 91.6 Å². The molecule has 10 heteroatoms. The molecular weight excluding hydrogens is 464 g/mol. The van der Waals surface area contributed by atoms with Crippen molar-refractivity contribution >= 4 is 33.0 Å². The van der Waals surface area contributed by atoms with E-state index >= 15 is 0 Å². The van der Waals surface area contributed by atoms with Crippen LogP contribution in [0.25, 0.3) is 0 Å². The Bertz CT molecular complexity index is 1210. The van der Waals surface area contributed by atoms with Crippen LogP contribution < -0.4 is 9.04 Å². The maximum Gasteiger partial charge on any atom is 0.273 e. The molecule has 0 aliphatic rings.